The van der Waals surface area contributed by atoms with E-state index >= 15 is 0 Å². The van der Waals surface area contributed by atoms with Crippen molar-refractivity contribution in [2.75, 3.05) is 6.61 Å². The number of pyridine rings is 1. The number of hydrogen-bond donors (Lipinski definition) is 1. The molecule has 6 nitrogen and oxygen atoms in total. The highest BCUT2D eigenvalue weighted by Gasteiger charge is 2.30. The predicted molar refractivity (Wildman–Crippen MR) is 117 cm³/mol. The lowest BCUT2D eigenvalue weighted by Crippen LogP contribution is -2.37. The van der Waals surface area contributed by atoms with Crippen LogP contribution < -0.4 is 5.32 Å². The Balaban J connectivity index is 1.44. The fourth-order valence-electron chi connectivity index (χ4n) is 4.27. The van der Waals surface area contributed by atoms with Crippen LogP contribution in [-0.2, 0) is 16.0 Å². The van der Waals surface area contributed by atoms with Crippen molar-refractivity contribution in [1.29, 1.82) is 0 Å². The zero-order valence-corrected chi connectivity index (χ0v) is 17.4. The van der Waals surface area contributed by atoms with Crippen LogP contribution in [0.1, 0.15) is 53.6 Å². The normalized spacial score (nSPS) is 17.5. The largest absolute Gasteiger partial charge is 0.465 e. The molecule has 1 N–H and O–H groups in total. The van der Waals surface area contributed by atoms with Crippen LogP contribution >= 0.6 is 0 Å². The van der Waals surface area contributed by atoms with Gasteiger partial charge in [-0.1, -0.05) is 18.2 Å². The molecule has 2 heterocycles. The molecule has 0 saturated heterocycles. The molecule has 5 rings (SSSR count). The second-order valence-corrected chi connectivity index (χ2v) is 8.29. The fourth-order valence-corrected chi connectivity index (χ4v) is 4.27. The molecule has 6 heteroatoms. The minimum atomic E-state index is -0.483. The maximum absolute atomic E-state index is 13.1. The molecular weight excluding hydrogens is 392 g/mol. The Bertz CT molecular complexity index is 1180. The van der Waals surface area contributed by atoms with Gasteiger partial charge >= 0.3 is 5.97 Å². The zero-order valence-electron chi connectivity index (χ0n) is 17.4. The summed E-state index contributed by atoms with van der Waals surface area (Å²) in [6.45, 7) is 1.71. The van der Waals surface area contributed by atoms with E-state index in [2.05, 4.69) is 5.32 Å². The summed E-state index contributed by atoms with van der Waals surface area (Å²) in [6, 6.07) is 11.4. The van der Waals surface area contributed by atoms with E-state index in [0.717, 1.165) is 52.8 Å². The number of allylic oxidation sites excluding steroid dienone is 1. The summed E-state index contributed by atoms with van der Waals surface area (Å²) in [7, 11) is 0. The lowest BCUT2D eigenvalue weighted by atomic mass is 10.0. The van der Waals surface area contributed by atoms with Crippen LogP contribution in [0.5, 0.6) is 0 Å². The Morgan fingerprint density at radius 3 is 2.84 bits per heavy atom. The quantitative estimate of drug-likeness (QED) is 0.603. The monoisotopic (exact) mass is 416 g/mol. The first-order valence-electron chi connectivity index (χ1n) is 10.7. The number of nitrogens with one attached hydrogen (secondary N) is 1. The number of hydrogen-bond acceptors (Lipinski definition) is 5. The van der Waals surface area contributed by atoms with Gasteiger partial charge in [-0.2, -0.15) is 0 Å². The first kappa shape index (κ1) is 19.5. The van der Waals surface area contributed by atoms with Gasteiger partial charge in [-0.25, -0.2) is 9.78 Å². The summed E-state index contributed by atoms with van der Waals surface area (Å²) in [6.07, 6.45) is 7.34. The molecule has 0 radical (unpaired) electrons. The predicted octanol–water partition coefficient (Wildman–Crippen LogP) is 4.39. The third-order valence-electron chi connectivity index (χ3n) is 6.06. The first-order valence-corrected chi connectivity index (χ1v) is 10.7. The van der Waals surface area contributed by atoms with E-state index in [1.807, 2.05) is 49.4 Å². The van der Waals surface area contributed by atoms with Gasteiger partial charge in [0.2, 0.25) is 0 Å². The summed E-state index contributed by atoms with van der Waals surface area (Å²) in [5, 5.41) is 3.67. The van der Waals surface area contributed by atoms with Crippen LogP contribution in [0.15, 0.2) is 47.1 Å². The number of nitrogens with zero attached hydrogens (tertiary/aromatic N) is 1. The SMILES string of the molecule is C[C@H](NC(=O)COC(=O)c1c2c(nc3ccccc13)/C(=C/c1ccco1)CC2)C1CC1. The summed E-state index contributed by atoms with van der Waals surface area (Å²) in [5.74, 6) is 0.555. The molecular formula is C25H24N2O4. The van der Waals surface area contributed by atoms with Crippen molar-refractivity contribution in [2.45, 2.75) is 38.6 Å². The third kappa shape index (κ3) is 3.98. The average molecular weight is 416 g/mol. The van der Waals surface area contributed by atoms with E-state index in [1.54, 1.807) is 6.26 Å². The van der Waals surface area contributed by atoms with Gasteiger partial charge in [-0.3, -0.25) is 4.79 Å². The van der Waals surface area contributed by atoms with E-state index < -0.39 is 5.97 Å². The number of rotatable bonds is 6. The van der Waals surface area contributed by atoms with Gasteiger partial charge in [0, 0.05) is 11.4 Å². The van der Waals surface area contributed by atoms with Crippen molar-refractivity contribution in [2.24, 2.45) is 5.92 Å². The second-order valence-electron chi connectivity index (χ2n) is 8.29. The van der Waals surface area contributed by atoms with Crippen molar-refractivity contribution >= 4 is 34.4 Å². The number of carbonyl (C=O) groups is 2. The maximum Gasteiger partial charge on any atom is 0.339 e. The maximum atomic E-state index is 13.1. The second kappa shape index (κ2) is 8.02. The molecule has 1 aromatic carbocycles. The fraction of sp³-hybridized carbons (Fsp3) is 0.320. The summed E-state index contributed by atoms with van der Waals surface area (Å²) in [5.41, 5.74) is 3.93. The van der Waals surface area contributed by atoms with Crippen molar-refractivity contribution in [1.82, 2.24) is 10.3 Å². The summed E-state index contributed by atoms with van der Waals surface area (Å²) in [4.78, 5) is 30.2. The Morgan fingerprint density at radius 1 is 1.23 bits per heavy atom. The van der Waals surface area contributed by atoms with Gasteiger partial charge in [0.25, 0.3) is 5.91 Å². The number of amides is 1. The first-order chi connectivity index (χ1) is 15.1. The number of aromatic nitrogens is 1. The number of fused-ring (bicyclic) bond motifs is 2. The molecule has 1 saturated carbocycles. The van der Waals surface area contributed by atoms with E-state index in [4.69, 9.17) is 14.1 Å². The molecule has 0 spiro atoms. The van der Waals surface area contributed by atoms with Crippen molar-refractivity contribution in [3.05, 3.63) is 65.2 Å². The molecule has 0 bridgehead atoms. The van der Waals surface area contributed by atoms with Crippen LogP contribution in [0, 0.1) is 5.92 Å². The molecule has 158 valence electrons. The molecule has 1 atom stereocenters. The minimum absolute atomic E-state index is 0.117. The number of furan rings is 1. The Hall–Kier alpha value is -3.41. The lowest BCUT2D eigenvalue weighted by molar-refractivity contribution is -0.124. The van der Waals surface area contributed by atoms with Crippen molar-refractivity contribution in [3.63, 3.8) is 0 Å². The number of para-hydroxylation sites is 1. The van der Waals surface area contributed by atoms with Crippen molar-refractivity contribution in [3.8, 4) is 0 Å². The van der Waals surface area contributed by atoms with Crippen LogP contribution in [-0.4, -0.2) is 29.5 Å². The molecule has 0 unspecified atom stereocenters. The van der Waals surface area contributed by atoms with Gasteiger partial charge in [0.1, 0.15) is 5.76 Å². The van der Waals surface area contributed by atoms with Gasteiger partial charge in [-0.05, 0) is 73.9 Å². The highest BCUT2D eigenvalue weighted by molar-refractivity contribution is 6.07. The topological polar surface area (TPSA) is 81.4 Å². The minimum Gasteiger partial charge on any atom is -0.465 e. The van der Waals surface area contributed by atoms with E-state index in [9.17, 15) is 9.59 Å². The molecule has 31 heavy (non-hydrogen) atoms. The summed E-state index contributed by atoms with van der Waals surface area (Å²) < 4.78 is 10.9. The zero-order chi connectivity index (χ0) is 21.4. The molecule has 1 fully saturated rings. The van der Waals surface area contributed by atoms with E-state index in [-0.39, 0.29) is 18.6 Å². The standard InChI is InChI=1S/C25H24N2O4/c1-15(16-8-9-16)26-22(28)14-31-25(29)23-19-6-2-3-7-21(19)27-24-17(10-11-20(23)24)13-18-5-4-12-30-18/h2-7,12-13,15-16H,8-11,14H2,1H3,(H,26,28)/b17-13+/t15-/m0/s1. The highest BCUT2D eigenvalue weighted by atomic mass is 16.5. The van der Waals surface area contributed by atoms with Crippen LogP contribution in [0.3, 0.4) is 0 Å². The van der Waals surface area contributed by atoms with Crippen LogP contribution in [0.25, 0.3) is 22.6 Å². The molecule has 0 aliphatic heterocycles. The number of benzene rings is 1. The average Bonchev–Trinajstić information content (AvgIpc) is 3.38. The molecule has 2 aliphatic rings. The molecule has 1 amide bonds. The highest BCUT2D eigenvalue weighted by Crippen LogP contribution is 2.38. The Kier molecular flexibility index (Phi) is 5.06. The van der Waals surface area contributed by atoms with Gasteiger partial charge < -0.3 is 14.5 Å². The van der Waals surface area contributed by atoms with Gasteiger partial charge in [-0.15, -0.1) is 0 Å². The van der Waals surface area contributed by atoms with Crippen LogP contribution in [0.4, 0.5) is 0 Å². The summed E-state index contributed by atoms with van der Waals surface area (Å²) >= 11 is 0. The smallest absolute Gasteiger partial charge is 0.339 e. The number of ether oxygens (including phenoxy) is 1. The van der Waals surface area contributed by atoms with Crippen molar-refractivity contribution < 1.29 is 18.7 Å². The Morgan fingerprint density at radius 2 is 2.06 bits per heavy atom. The van der Waals surface area contributed by atoms with Crippen LogP contribution in [0.2, 0.25) is 0 Å². The van der Waals surface area contributed by atoms with E-state index in [0.29, 0.717) is 17.9 Å². The molecule has 3 aromatic rings. The molecule has 2 aromatic heterocycles. The molecule has 2 aliphatic carbocycles. The number of carbonyl (C=O) groups excluding carboxylic acids is 2. The van der Waals surface area contributed by atoms with Gasteiger partial charge in [0.15, 0.2) is 6.61 Å². The Labute approximate surface area is 180 Å². The van der Waals surface area contributed by atoms with E-state index in [1.165, 1.54) is 0 Å². The van der Waals surface area contributed by atoms with Gasteiger partial charge in [0.05, 0.1) is 23.0 Å². The lowest BCUT2D eigenvalue weighted by Gasteiger charge is -2.14. The third-order valence-corrected chi connectivity index (χ3v) is 6.06. The number of esters is 1.